The van der Waals surface area contributed by atoms with Crippen LogP contribution in [0.25, 0.3) is 10.9 Å². The van der Waals surface area contributed by atoms with Crippen LogP contribution in [0.4, 0.5) is 11.8 Å². The summed E-state index contributed by atoms with van der Waals surface area (Å²) in [7, 11) is -1.80. The van der Waals surface area contributed by atoms with Crippen LogP contribution in [0.15, 0.2) is 57.9 Å². The van der Waals surface area contributed by atoms with Crippen molar-refractivity contribution in [3.05, 3.63) is 53.0 Å². The Morgan fingerprint density at radius 1 is 0.943 bits per heavy atom. The van der Waals surface area contributed by atoms with Crippen LogP contribution in [-0.4, -0.2) is 51.7 Å². The number of nitrogens with one attached hydrogen (secondary N) is 3. The predicted molar refractivity (Wildman–Crippen MR) is 143 cm³/mol. The smallest absolute Gasteiger partial charge is 0.240 e. The average Bonchev–Trinajstić information content (AvgIpc) is 2.87. The Balaban J connectivity index is 1.27. The molecule has 1 fully saturated rings. The van der Waals surface area contributed by atoms with E-state index in [4.69, 9.17) is 9.72 Å². The van der Waals surface area contributed by atoms with Gasteiger partial charge in [-0.2, -0.15) is 4.98 Å². The molecule has 0 spiro atoms. The van der Waals surface area contributed by atoms with Crippen LogP contribution in [0.2, 0.25) is 0 Å². The molecule has 0 radical (unpaired) electrons. The van der Waals surface area contributed by atoms with Gasteiger partial charge in [0.25, 0.3) is 0 Å². The minimum absolute atomic E-state index is 0.296. The summed E-state index contributed by atoms with van der Waals surface area (Å²) < 4.78 is 33.9. The van der Waals surface area contributed by atoms with E-state index < -0.39 is 10.0 Å². The zero-order chi connectivity index (χ0) is 24.7. The van der Waals surface area contributed by atoms with E-state index in [2.05, 4.69) is 36.3 Å². The highest BCUT2D eigenvalue weighted by atomic mass is 79.9. The third-order valence-electron chi connectivity index (χ3n) is 6.40. The maximum Gasteiger partial charge on any atom is 0.240 e. The molecule has 10 heteroatoms. The van der Waals surface area contributed by atoms with Crippen molar-refractivity contribution in [2.45, 2.75) is 30.6 Å². The van der Waals surface area contributed by atoms with Crippen molar-refractivity contribution in [2.24, 2.45) is 11.8 Å². The Morgan fingerprint density at radius 3 is 2.34 bits per heavy atom. The number of hydrogen-bond acceptors (Lipinski definition) is 7. The first-order valence-electron chi connectivity index (χ1n) is 11.9. The van der Waals surface area contributed by atoms with Gasteiger partial charge in [0.1, 0.15) is 5.82 Å². The number of sulfonamides is 1. The monoisotopic (exact) mass is 561 g/mol. The molecule has 1 aliphatic rings. The lowest BCUT2D eigenvalue weighted by atomic mass is 9.82. The minimum atomic E-state index is -3.48. The Morgan fingerprint density at radius 2 is 1.63 bits per heavy atom. The largest absolute Gasteiger partial charge is 0.383 e. The van der Waals surface area contributed by atoms with Crippen molar-refractivity contribution in [1.82, 2.24) is 14.7 Å². The number of aromatic nitrogens is 2. The molecule has 35 heavy (non-hydrogen) atoms. The van der Waals surface area contributed by atoms with E-state index in [1.807, 2.05) is 24.3 Å². The van der Waals surface area contributed by atoms with E-state index >= 15 is 0 Å². The summed E-state index contributed by atoms with van der Waals surface area (Å²) in [6.45, 7) is 2.55. The van der Waals surface area contributed by atoms with Gasteiger partial charge in [0, 0.05) is 36.6 Å². The molecule has 3 aromatic rings. The Hall–Kier alpha value is -2.27. The number of hydrogen-bond donors (Lipinski definition) is 3. The molecule has 188 valence electrons. The normalized spacial score (nSPS) is 18.5. The molecule has 8 nitrogen and oxygen atoms in total. The quantitative estimate of drug-likeness (QED) is 0.292. The van der Waals surface area contributed by atoms with Crippen LogP contribution in [0.5, 0.6) is 0 Å². The molecule has 0 aliphatic heterocycles. The number of nitrogens with zero attached hydrogens (tertiary/aromatic N) is 2. The molecule has 2 aromatic carbocycles. The predicted octanol–water partition coefficient (Wildman–Crippen LogP) is 4.65. The van der Waals surface area contributed by atoms with Crippen LogP contribution < -0.4 is 15.4 Å². The van der Waals surface area contributed by atoms with E-state index in [0.29, 0.717) is 42.4 Å². The number of fused-ring (bicyclic) bond motifs is 1. The molecule has 0 atom stereocenters. The Kier molecular flexibility index (Phi) is 8.94. The highest BCUT2D eigenvalue weighted by molar-refractivity contribution is 9.10. The second-order valence-corrected chi connectivity index (χ2v) is 11.6. The second-order valence-electron chi connectivity index (χ2n) is 8.91. The fourth-order valence-corrected chi connectivity index (χ4v) is 5.74. The van der Waals surface area contributed by atoms with Gasteiger partial charge in [-0.1, -0.05) is 28.1 Å². The van der Waals surface area contributed by atoms with Gasteiger partial charge in [0.2, 0.25) is 16.0 Å². The van der Waals surface area contributed by atoms with Gasteiger partial charge < -0.3 is 15.4 Å². The summed E-state index contributed by atoms with van der Waals surface area (Å²) in [5.74, 6) is 2.28. The highest BCUT2D eigenvalue weighted by Crippen LogP contribution is 2.29. The minimum Gasteiger partial charge on any atom is -0.383 e. The maximum atomic E-state index is 12.6. The van der Waals surface area contributed by atoms with Crippen molar-refractivity contribution in [2.75, 3.05) is 44.0 Å². The fourth-order valence-electron chi connectivity index (χ4n) is 4.36. The van der Waals surface area contributed by atoms with Gasteiger partial charge in [-0.15, -0.1) is 0 Å². The SMILES string of the molecule is COCCNc1nc(NC[C@H]2CC[C@H](CNS(=O)(=O)c3ccc(Br)cc3)CC2)nc2ccccc12. The average molecular weight is 563 g/mol. The van der Waals surface area contributed by atoms with Crippen molar-refractivity contribution < 1.29 is 13.2 Å². The van der Waals surface area contributed by atoms with Crippen LogP contribution in [0.3, 0.4) is 0 Å². The number of anilines is 2. The number of ether oxygens (including phenoxy) is 1. The standard InChI is InChI=1S/C25H32BrN5O3S/c1-34-15-14-27-24-22-4-2-3-5-23(22)30-25(31-24)28-16-18-6-8-19(9-7-18)17-29-35(32,33)21-12-10-20(26)11-13-21/h2-5,10-13,18-19,29H,6-9,14-17H2,1H3,(H2,27,28,30,31)/t18-,19-. The summed E-state index contributed by atoms with van der Waals surface area (Å²) in [6, 6.07) is 14.7. The molecule has 3 N–H and O–H groups in total. The lowest BCUT2D eigenvalue weighted by molar-refractivity contribution is 0.210. The Bertz CT molecular complexity index is 1220. The molecule has 0 bridgehead atoms. The van der Waals surface area contributed by atoms with Crippen LogP contribution in [-0.2, 0) is 14.8 Å². The maximum absolute atomic E-state index is 12.6. The lowest BCUT2D eigenvalue weighted by Crippen LogP contribution is -2.32. The lowest BCUT2D eigenvalue weighted by Gasteiger charge is -2.28. The first kappa shape index (κ1) is 25.8. The van der Waals surface area contributed by atoms with Gasteiger partial charge in [0.05, 0.1) is 17.0 Å². The molecule has 1 aromatic heterocycles. The summed E-state index contributed by atoms with van der Waals surface area (Å²) in [4.78, 5) is 9.67. The molecular weight excluding hydrogens is 530 g/mol. The van der Waals surface area contributed by atoms with E-state index in [-0.39, 0.29) is 0 Å². The van der Waals surface area contributed by atoms with Gasteiger partial charge >= 0.3 is 0 Å². The van der Waals surface area contributed by atoms with Gasteiger partial charge in [0.15, 0.2) is 0 Å². The molecule has 4 rings (SSSR count). The van der Waals surface area contributed by atoms with Gasteiger partial charge in [-0.05, 0) is 73.9 Å². The summed E-state index contributed by atoms with van der Waals surface area (Å²) in [5.41, 5.74) is 0.895. The van der Waals surface area contributed by atoms with Gasteiger partial charge in [-0.3, -0.25) is 0 Å². The van der Waals surface area contributed by atoms with Crippen molar-refractivity contribution in [3.63, 3.8) is 0 Å². The summed E-state index contributed by atoms with van der Waals surface area (Å²) in [5, 5.41) is 7.75. The number of methoxy groups -OCH3 is 1. The molecule has 1 saturated carbocycles. The zero-order valence-corrected chi connectivity index (χ0v) is 22.2. The number of benzene rings is 2. The molecule has 0 unspecified atom stereocenters. The van der Waals surface area contributed by atoms with Crippen molar-refractivity contribution in [1.29, 1.82) is 0 Å². The summed E-state index contributed by atoms with van der Waals surface area (Å²) in [6.07, 6.45) is 4.09. The van der Waals surface area contributed by atoms with Crippen molar-refractivity contribution >= 4 is 48.6 Å². The van der Waals surface area contributed by atoms with Crippen LogP contribution >= 0.6 is 15.9 Å². The first-order valence-corrected chi connectivity index (χ1v) is 14.2. The second kappa shape index (κ2) is 12.1. The summed E-state index contributed by atoms with van der Waals surface area (Å²) >= 11 is 3.34. The third-order valence-corrected chi connectivity index (χ3v) is 8.37. The van der Waals surface area contributed by atoms with E-state index in [1.165, 1.54) is 0 Å². The Labute approximate surface area is 215 Å². The fraction of sp³-hybridized carbons (Fsp3) is 0.440. The third kappa shape index (κ3) is 7.13. The molecule has 0 amide bonds. The topological polar surface area (TPSA) is 105 Å². The van der Waals surface area contributed by atoms with E-state index in [0.717, 1.165) is 53.4 Å². The zero-order valence-electron chi connectivity index (χ0n) is 19.8. The van der Waals surface area contributed by atoms with Crippen molar-refractivity contribution in [3.8, 4) is 0 Å². The molecule has 1 heterocycles. The molecular formula is C25H32BrN5O3S. The first-order chi connectivity index (χ1) is 16.9. The number of para-hydroxylation sites is 1. The molecule has 1 aliphatic carbocycles. The number of rotatable bonds is 11. The van der Waals surface area contributed by atoms with E-state index in [1.54, 1.807) is 31.4 Å². The van der Waals surface area contributed by atoms with Crippen LogP contribution in [0.1, 0.15) is 25.7 Å². The van der Waals surface area contributed by atoms with Gasteiger partial charge in [-0.25, -0.2) is 18.1 Å². The molecule has 0 saturated heterocycles. The number of halogens is 1. The van der Waals surface area contributed by atoms with E-state index in [9.17, 15) is 8.42 Å². The highest BCUT2D eigenvalue weighted by Gasteiger charge is 2.23. The van der Waals surface area contributed by atoms with Crippen LogP contribution in [0, 0.1) is 11.8 Å².